The maximum atomic E-state index is 13.1. The van der Waals surface area contributed by atoms with Gasteiger partial charge in [-0.15, -0.1) is 11.3 Å². The molecule has 0 unspecified atom stereocenters. The molecule has 7 heteroatoms. The summed E-state index contributed by atoms with van der Waals surface area (Å²) < 4.78 is 5.39. The maximum Gasteiger partial charge on any atom is 0.341 e. The SMILES string of the molecule is CCCOC(=O)c1c(-c2ccc(C)cc2)csc1NC(=O)[C@H]1[C@@H](C(=O)O)[C@H]2C=C[C@H]1C2. The molecule has 2 N–H and O–H groups in total. The van der Waals surface area contributed by atoms with Gasteiger partial charge in [-0.2, -0.15) is 0 Å². The average molecular weight is 440 g/mol. The number of benzene rings is 1. The highest BCUT2D eigenvalue weighted by atomic mass is 32.1. The lowest BCUT2D eigenvalue weighted by atomic mass is 9.82. The van der Waals surface area contributed by atoms with Crippen LogP contribution < -0.4 is 5.32 Å². The number of rotatable bonds is 7. The Morgan fingerprint density at radius 3 is 2.45 bits per heavy atom. The normalized spacial score (nSPS) is 23.7. The van der Waals surface area contributed by atoms with Crippen LogP contribution in [-0.4, -0.2) is 29.6 Å². The summed E-state index contributed by atoms with van der Waals surface area (Å²) in [6.45, 7) is 4.19. The molecule has 0 aliphatic heterocycles. The molecule has 162 valence electrons. The monoisotopic (exact) mass is 439 g/mol. The van der Waals surface area contributed by atoms with Gasteiger partial charge in [0.2, 0.25) is 5.91 Å². The highest BCUT2D eigenvalue weighted by Crippen LogP contribution is 2.49. The zero-order valence-corrected chi connectivity index (χ0v) is 18.3. The van der Waals surface area contributed by atoms with Crippen LogP contribution in [0.2, 0.25) is 0 Å². The van der Waals surface area contributed by atoms with Gasteiger partial charge in [0.1, 0.15) is 10.6 Å². The molecular weight excluding hydrogens is 414 g/mol. The summed E-state index contributed by atoms with van der Waals surface area (Å²) in [7, 11) is 0. The third kappa shape index (κ3) is 4.02. The molecule has 0 spiro atoms. The van der Waals surface area contributed by atoms with Gasteiger partial charge in [0.15, 0.2) is 0 Å². The van der Waals surface area contributed by atoms with E-state index < -0.39 is 23.8 Å². The predicted molar refractivity (Wildman–Crippen MR) is 119 cm³/mol. The van der Waals surface area contributed by atoms with Gasteiger partial charge in [0, 0.05) is 10.9 Å². The molecule has 0 saturated heterocycles. The number of anilines is 1. The molecule has 1 amide bonds. The number of fused-ring (bicyclic) bond motifs is 2. The zero-order valence-electron chi connectivity index (χ0n) is 17.5. The van der Waals surface area contributed by atoms with Crippen molar-refractivity contribution in [2.24, 2.45) is 23.7 Å². The molecule has 2 aliphatic carbocycles. The van der Waals surface area contributed by atoms with Crippen LogP contribution in [0.25, 0.3) is 11.1 Å². The number of aryl methyl sites for hydroxylation is 1. The van der Waals surface area contributed by atoms with E-state index in [9.17, 15) is 19.5 Å². The summed E-state index contributed by atoms with van der Waals surface area (Å²) in [5.74, 6) is -3.37. The number of aliphatic carboxylic acids is 1. The Balaban J connectivity index is 1.65. The number of carboxylic acids is 1. The fourth-order valence-corrected chi connectivity index (χ4v) is 5.54. The molecule has 4 atom stereocenters. The van der Waals surface area contributed by atoms with E-state index in [0.717, 1.165) is 11.1 Å². The summed E-state index contributed by atoms with van der Waals surface area (Å²) in [6, 6.07) is 7.79. The predicted octanol–water partition coefficient (Wildman–Crippen LogP) is 4.75. The van der Waals surface area contributed by atoms with E-state index in [0.29, 0.717) is 29.0 Å². The third-order valence-electron chi connectivity index (χ3n) is 6.08. The molecular formula is C24H25NO5S. The van der Waals surface area contributed by atoms with Crippen molar-refractivity contribution in [3.05, 3.63) is 52.9 Å². The lowest BCUT2D eigenvalue weighted by Gasteiger charge is -2.23. The Kier molecular flexibility index (Phi) is 5.96. The van der Waals surface area contributed by atoms with Crippen LogP contribution in [0.3, 0.4) is 0 Å². The molecule has 4 rings (SSSR count). The number of amides is 1. The summed E-state index contributed by atoms with van der Waals surface area (Å²) in [5.41, 5.74) is 2.98. The molecule has 1 saturated carbocycles. The minimum absolute atomic E-state index is 0.0851. The summed E-state index contributed by atoms with van der Waals surface area (Å²) in [6.07, 6.45) is 5.22. The van der Waals surface area contributed by atoms with Crippen LogP contribution in [0.15, 0.2) is 41.8 Å². The van der Waals surface area contributed by atoms with E-state index in [-0.39, 0.29) is 24.3 Å². The lowest BCUT2D eigenvalue weighted by molar-refractivity contribution is -0.146. The van der Waals surface area contributed by atoms with E-state index in [2.05, 4.69) is 5.32 Å². The molecule has 2 aliphatic rings. The molecule has 1 aromatic heterocycles. The van der Waals surface area contributed by atoms with E-state index in [1.54, 1.807) is 0 Å². The molecule has 2 bridgehead atoms. The number of esters is 1. The van der Waals surface area contributed by atoms with Crippen LogP contribution in [0.4, 0.5) is 5.00 Å². The van der Waals surface area contributed by atoms with E-state index in [4.69, 9.17) is 4.74 Å². The first-order valence-corrected chi connectivity index (χ1v) is 11.4. The van der Waals surface area contributed by atoms with Gasteiger partial charge < -0.3 is 15.2 Å². The second kappa shape index (κ2) is 8.67. The van der Waals surface area contributed by atoms with Gasteiger partial charge in [-0.05, 0) is 37.2 Å². The van der Waals surface area contributed by atoms with Crippen LogP contribution in [-0.2, 0) is 14.3 Å². The average Bonchev–Trinajstić information content (AvgIpc) is 3.47. The Hall–Kier alpha value is -2.93. The van der Waals surface area contributed by atoms with E-state index >= 15 is 0 Å². The van der Waals surface area contributed by atoms with Gasteiger partial charge in [-0.3, -0.25) is 9.59 Å². The van der Waals surface area contributed by atoms with Gasteiger partial charge in [0.25, 0.3) is 0 Å². The summed E-state index contributed by atoms with van der Waals surface area (Å²) in [5, 5.41) is 14.7. The standard InChI is InChI=1S/C24H25NO5S/c1-3-10-30-24(29)20-17(14-6-4-13(2)5-7-14)12-31-22(20)25-21(26)18-15-8-9-16(11-15)19(18)23(27)28/h4-9,12,15-16,18-19H,3,10-11H2,1-2H3,(H,25,26)(H,27,28)/t15-,16-,18+,19-/m0/s1. The fourth-order valence-electron chi connectivity index (χ4n) is 4.58. The first-order valence-electron chi connectivity index (χ1n) is 10.5. The lowest BCUT2D eigenvalue weighted by Crippen LogP contribution is -2.36. The van der Waals surface area contributed by atoms with Crippen LogP contribution in [0.1, 0.15) is 35.7 Å². The highest BCUT2D eigenvalue weighted by Gasteiger charge is 2.51. The highest BCUT2D eigenvalue weighted by molar-refractivity contribution is 7.15. The smallest absolute Gasteiger partial charge is 0.341 e. The largest absolute Gasteiger partial charge is 0.481 e. The van der Waals surface area contributed by atoms with Crippen molar-refractivity contribution in [1.82, 2.24) is 0 Å². The van der Waals surface area contributed by atoms with Crippen molar-refractivity contribution in [3.63, 3.8) is 0 Å². The van der Waals surface area contributed by atoms with E-state index in [1.807, 2.05) is 55.6 Å². The van der Waals surface area contributed by atoms with Gasteiger partial charge in [-0.1, -0.05) is 48.9 Å². The van der Waals surface area contributed by atoms with Crippen molar-refractivity contribution in [3.8, 4) is 11.1 Å². The molecule has 2 aromatic rings. The number of hydrogen-bond acceptors (Lipinski definition) is 5. The number of allylic oxidation sites excluding steroid dienone is 2. The van der Waals surface area contributed by atoms with Gasteiger partial charge >= 0.3 is 11.9 Å². The Labute approximate surface area is 184 Å². The maximum absolute atomic E-state index is 13.1. The second-order valence-corrected chi connectivity index (χ2v) is 9.06. The first kappa shape index (κ1) is 21.3. The molecule has 31 heavy (non-hydrogen) atoms. The number of nitrogens with one attached hydrogen (secondary N) is 1. The van der Waals surface area contributed by atoms with Crippen molar-refractivity contribution >= 4 is 34.2 Å². The Bertz CT molecular complexity index is 1040. The summed E-state index contributed by atoms with van der Waals surface area (Å²) >= 11 is 1.26. The Morgan fingerprint density at radius 1 is 1.13 bits per heavy atom. The number of ether oxygens (including phenoxy) is 1. The molecule has 1 heterocycles. The van der Waals surface area contributed by atoms with Crippen LogP contribution in [0, 0.1) is 30.6 Å². The van der Waals surface area contributed by atoms with Crippen LogP contribution >= 0.6 is 11.3 Å². The minimum Gasteiger partial charge on any atom is -0.481 e. The van der Waals surface area contributed by atoms with E-state index in [1.165, 1.54) is 11.3 Å². The molecule has 1 aromatic carbocycles. The van der Waals surface area contributed by atoms with Crippen molar-refractivity contribution in [1.29, 1.82) is 0 Å². The van der Waals surface area contributed by atoms with Gasteiger partial charge in [0.05, 0.1) is 18.4 Å². The number of carbonyl (C=O) groups is 3. The fraction of sp³-hybridized carbons (Fsp3) is 0.375. The van der Waals surface area contributed by atoms with Gasteiger partial charge in [-0.25, -0.2) is 4.79 Å². The molecule has 0 radical (unpaired) electrons. The summed E-state index contributed by atoms with van der Waals surface area (Å²) in [4.78, 5) is 37.8. The van der Waals surface area contributed by atoms with Crippen LogP contribution in [0.5, 0.6) is 0 Å². The van der Waals surface area contributed by atoms with Crippen molar-refractivity contribution in [2.75, 3.05) is 11.9 Å². The first-order chi connectivity index (χ1) is 14.9. The topological polar surface area (TPSA) is 92.7 Å². The van der Waals surface area contributed by atoms with Crippen molar-refractivity contribution in [2.45, 2.75) is 26.7 Å². The minimum atomic E-state index is -0.953. The number of thiophene rings is 1. The number of carboxylic acid groups (broad SMARTS) is 1. The quantitative estimate of drug-likeness (QED) is 0.480. The number of carbonyl (C=O) groups excluding carboxylic acids is 2. The Morgan fingerprint density at radius 2 is 1.81 bits per heavy atom. The molecule has 1 fully saturated rings. The third-order valence-corrected chi connectivity index (χ3v) is 6.97. The second-order valence-electron chi connectivity index (χ2n) is 8.18. The number of hydrogen-bond donors (Lipinski definition) is 2. The van der Waals surface area contributed by atoms with Crippen molar-refractivity contribution < 1.29 is 24.2 Å². The zero-order chi connectivity index (χ0) is 22.1. The molecule has 6 nitrogen and oxygen atoms in total.